The maximum atomic E-state index is 12.6. The molecule has 0 bridgehead atoms. The van der Waals surface area contributed by atoms with Crippen molar-refractivity contribution >= 4 is 22.8 Å². The predicted molar refractivity (Wildman–Crippen MR) is 118 cm³/mol. The Morgan fingerprint density at radius 2 is 1.82 bits per heavy atom. The number of hydrogen-bond acceptors (Lipinski definition) is 6. The number of carbonyl (C=O) groups excluding carboxylic acids is 2. The molecule has 166 valence electrons. The number of benzene rings is 3. The van der Waals surface area contributed by atoms with Crippen molar-refractivity contribution in [1.29, 1.82) is 0 Å². The smallest absolute Gasteiger partial charge is 0.338 e. The van der Waals surface area contributed by atoms with Gasteiger partial charge in [0.1, 0.15) is 6.61 Å². The topological polar surface area (TPSA) is 89.8 Å². The second kappa shape index (κ2) is 8.35. The van der Waals surface area contributed by atoms with Crippen molar-refractivity contribution in [2.75, 3.05) is 6.79 Å². The Kier molecular flexibility index (Phi) is 5.22. The summed E-state index contributed by atoms with van der Waals surface area (Å²) in [4.78, 5) is 24.8. The van der Waals surface area contributed by atoms with E-state index >= 15 is 0 Å². The number of aromatic nitrogens is 1. The third kappa shape index (κ3) is 3.89. The number of carboxylic acids is 1. The summed E-state index contributed by atoms with van der Waals surface area (Å²) >= 11 is 0. The van der Waals surface area contributed by atoms with Crippen LogP contribution in [0.5, 0.6) is 11.5 Å². The van der Waals surface area contributed by atoms with Crippen molar-refractivity contribution in [3.05, 3.63) is 95.2 Å². The van der Waals surface area contributed by atoms with Gasteiger partial charge in [0.05, 0.1) is 17.5 Å². The Labute approximate surface area is 189 Å². The number of aryl methyl sites for hydroxylation is 1. The SMILES string of the molecule is Cn1cc(C(C(=O)[O-])c2ccc3c(c2)OCO3)c2ccc(C(=O)OCc3ccccc3)cc21. The second-order valence-electron chi connectivity index (χ2n) is 7.85. The van der Waals surface area contributed by atoms with E-state index < -0.39 is 17.9 Å². The number of ether oxygens (including phenoxy) is 3. The zero-order valence-electron chi connectivity index (χ0n) is 17.8. The van der Waals surface area contributed by atoms with Crippen LogP contribution < -0.4 is 14.6 Å². The number of rotatable bonds is 6. The molecule has 5 rings (SSSR count). The average Bonchev–Trinajstić information content (AvgIpc) is 3.42. The second-order valence-corrected chi connectivity index (χ2v) is 7.85. The first kappa shape index (κ1) is 20.6. The van der Waals surface area contributed by atoms with Gasteiger partial charge in [-0.05, 0) is 41.0 Å². The van der Waals surface area contributed by atoms with Crippen molar-refractivity contribution in [2.45, 2.75) is 12.5 Å². The van der Waals surface area contributed by atoms with Crippen LogP contribution in [-0.4, -0.2) is 23.3 Å². The summed E-state index contributed by atoms with van der Waals surface area (Å²) in [5.41, 5.74) is 3.09. The quantitative estimate of drug-likeness (QED) is 0.426. The number of aliphatic carboxylic acids is 1. The van der Waals surface area contributed by atoms with E-state index in [0.29, 0.717) is 39.1 Å². The van der Waals surface area contributed by atoms with E-state index in [0.717, 1.165) is 5.56 Å². The Hall–Kier alpha value is -4.26. The van der Waals surface area contributed by atoms with Crippen LogP contribution in [0.15, 0.2) is 72.9 Å². The molecule has 1 aliphatic rings. The minimum Gasteiger partial charge on any atom is -0.549 e. The first-order chi connectivity index (χ1) is 16.0. The molecule has 0 fully saturated rings. The van der Waals surface area contributed by atoms with Gasteiger partial charge in [-0.1, -0.05) is 42.5 Å². The minimum absolute atomic E-state index is 0.103. The standard InChI is InChI=1S/C26H21NO6/c1-27-13-20(24(25(28)29)17-8-10-22-23(12-17)33-15-32-22)19-9-7-18(11-21(19)27)26(30)31-14-16-5-3-2-4-6-16/h2-13,24H,14-15H2,1H3,(H,28,29)/p-1. The van der Waals surface area contributed by atoms with E-state index in [9.17, 15) is 14.7 Å². The molecular weight excluding hydrogens is 422 g/mol. The average molecular weight is 442 g/mol. The Morgan fingerprint density at radius 3 is 2.61 bits per heavy atom. The van der Waals surface area contributed by atoms with Gasteiger partial charge in [-0.3, -0.25) is 0 Å². The maximum Gasteiger partial charge on any atom is 0.338 e. The van der Waals surface area contributed by atoms with E-state index in [4.69, 9.17) is 14.2 Å². The Bertz CT molecular complexity index is 1360. The molecule has 2 heterocycles. The molecule has 0 aliphatic carbocycles. The van der Waals surface area contributed by atoms with Gasteiger partial charge >= 0.3 is 5.97 Å². The van der Waals surface area contributed by atoms with Crippen molar-refractivity contribution in [1.82, 2.24) is 4.57 Å². The molecule has 7 nitrogen and oxygen atoms in total. The highest BCUT2D eigenvalue weighted by Gasteiger charge is 2.24. The highest BCUT2D eigenvalue weighted by atomic mass is 16.7. The lowest BCUT2D eigenvalue weighted by atomic mass is 9.90. The van der Waals surface area contributed by atoms with Gasteiger partial charge in [0, 0.05) is 24.1 Å². The molecule has 3 aromatic carbocycles. The van der Waals surface area contributed by atoms with E-state index in [1.165, 1.54) is 0 Å². The van der Waals surface area contributed by atoms with Crippen LogP contribution in [0.3, 0.4) is 0 Å². The van der Waals surface area contributed by atoms with Crippen LogP contribution >= 0.6 is 0 Å². The maximum absolute atomic E-state index is 12.6. The lowest BCUT2D eigenvalue weighted by Gasteiger charge is -2.18. The number of carbonyl (C=O) groups is 2. The number of fused-ring (bicyclic) bond motifs is 2. The lowest BCUT2D eigenvalue weighted by Crippen LogP contribution is -2.30. The summed E-state index contributed by atoms with van der Waals surface area (Å²) in [6.45, 7) is 0.277. The van der Waals surface area contributed by atoms with Crippen LogP contribution in [0.4, 0.5) is 0 Å². The summed E-state index contributed by atoms with van der Waals surface area (Å²) in [6.07, 6.45) is 1.74. The molecule has 33 heavy (non-hydrogen) atoms. The van der Waals surface area contributed by atoms with Crippen LogP contribution in [-0.2, 0) is 23.2 Å². The summed E-state index contributed by atoms with van der Waals surface area (Å²) in [5.74, 6) is -1.61. The zero-order valence-corrected chi connectivity index (χ0v) is 17.8. The molecule has 1 aromatic heterocycles. The molecule has 7 heteroatoms. The molecule has 0 saturated carbocycles. The molecule has 1 atom stereocenters. The Balaban J connectivity index is 1.46. The van der Waals surface area contributed by atoms with Gasteiger partial charge in [-0.2, -0.15) is 0 Å². The number of hydrogen-bond donors (Lipinski definition) is 0. The van der Waals surface area contributed by atoms with Gasteiger partial charge in [0.2, 0.25) is 6.79 Å². The van der Waals surface area contributed by atoms with Crippen LogP contribution in [0.1, 0.15) is 33.0 Å². The van der Waals surface area contributed by atoms with Gasteiger partial charge in [0.15, 0.2) is 11.5 Å². The molecule has 0 spiro atoms. The zero-order chi connectivity index (χ0) is 22.9. The van der Waals surface area contributed by atoms with Crippen LogP contribution in [0, 0.1) is 0 Å². The summed E-state index contributed by atoms with van der Waals surface area (Å²) < 4.78 is 17.9. The third-order valence-electron chi connectivity index (χ3n) is 5.75. The molecule has 0 saturated heterocycles. The van der Waals surface area contributed by atoms with E-state index in [1.54, 1.807) is 54.2 Å². The lowest BCUT2D eigenvalue weighted by molar-refractivity contribution is -0.306. The summed E-state index contributed by atoms with van der Waals surface area (Å²) in [7, 11) is 1.80. The fourth-order valence-electron chi connectivity index (χ4n) is 4.11. The van der Waals surface area contributed by atoms with E-state index in [2.05, 4.69) is 0 Å². The van der Waals surface area contributed by atoms with Gasteiger partial charge in [-0.25, -0.2) is 4.79 Å². The van der Waals surface area contributed by atoms with Crippen LogP contribution in [0.25, 0.3) is 10.9 Å². The predicted octanol–water partition coefficient (Wildman–Crippen LogP) is 3.15. The number of nitrogens with zero attached hydrogens (tertiary/aromatic N) is 1. The van der Waals surface area contributed by atoms with Crippen LogP contribution in [0.2, 0.25) is 0 Å². The van der Waals surface area contributed by atoms with E-state index in [1.807, 2.05) is 30.3 Å². The van der Waals surface area contributed by atoms with Crippen molar-refractivity contribution in [3.8, 4) is 11.5 Å². The molecule has 4 aromatic rings. The molecule has 0 N–H and O–H groups in total. The summed E-state index contributed by atoms with van der Waals surface area (Å²) in [6, 6.07) is 19.6. The molecule has 1 unspecified atom stereocenters. The van der Waals surface area contributed by atoms with E-state index in [-0.39, 0.29) is 13.4 Å². The van der Waals surface area contributed by atoms with Gasteiger partial charge in [0.25, 0.3) is 0 Å². The Morgan fingerprint density at radius 1 is 1.03 bits per heavy atom. The van der Waals surface area contributed by atoms with Gasteiger partial charge < -0.3 is 28.7 Å². The first-order valence-electron chi connectivity index (χ1n) is 10.4. The molecular formula is C26H20NO6-. The van der Waals surface area contributed by atoms with Crippen molar-refractivity contribution < 1.29 is 28.9 Å². The largest absolute Gasteiger partial charge is 0.549 e. The highest BCUT2D eigenvalue weighted by molar-refractivity contribution is 5.97. The normalized spacial score (nSPS) is 13.1. The monoisotopic (exact) mass is 442 g/mol. The first-order valence-corrected chi connectivity index (χ1v) is 10.4. The molecule has 0 amide bonds. The summed E-state index contributed by atoms with van der Waals surface area (Å²) in [5, 5.41) is 12.9. The third-order valence-corrected chi connectivity index (χ3v) is 5.75. The van der Waals surface area contributed by atoms with Crippen molar-refractivity contribution in [3.63, 3.8) is 0 Å². The van der Waals surface area contributed by atoms with Gasteiger partial charge in [-0.15, -0.1) is 0 Å². The number of esters is 1. The minimum atomic E-state index is -1.23. The fourth-order valence-corrected chi connectivity index (χ4v) is 4.11. The molecule has 0 radical (unpaired) electrons. The fraction of sp³-hybridized carbons (Fsp3) is 0.154. The number of carboxylic acid groups (broad SMARTS) is 1. The highest BCUT2D eigenvalue weighted by Crippen LogP contribution is 2.38. The van der Waals surface area contributed by atoms with Crippen molar-refractivity contribution in [2.24, 2.45) is 7.05 Å². The molecule has 1 aliphatic heterocycles.